The van der Waals surface area contributed by atoms with Gasteiger partial charge in [0, 0.05) is 36.4 Å². The third-order valence-electron chi connectivity index (χ3n) is 6.53. The average Bonchev–Trinajstić information content (AvgIpc) is 3.44. The van der Waals surface area contributed by atoms with Crippen molar-refractivity contribution in [2.45, 2.75) is 49.7 Å². The number of halogens is 7. The van der Waals surface area contributed by atoms with Crippen LogP contribution in [0.2, 0.25) is 5.02 Å². The summed E-state index contributed by atoms with van der Waals surface area (Å²) in [6, 6.07) is 6.83. The number of carbonyl (C=O) groups is 2. The monoisotopic (exact) mass is 538 g/mol. The van der Waals surface area contributed by atoms with E-state index in [-0.39, 0.29) is 31.8 Å². The number of carbonyl (C=O) groups excluding carboxylic acids is 2. The molecule has 2 aliphatic heterocycles. The maximum atomic E-state index is 13.3. The van der Waals surface area contributed by atoms with Crippen molar-refractivity contribution in [2.75, 3.05) is 19.6 Å². The van der Waals surface area contributed by atoms with E-state index in [1.165, 1.54) is 10.9 Å². The molecule has 0 aliphatic carbocycles. The van der Waals surface area contributed by atoms with Gasteiger partial charge >= 0.3 is 18.4 Å². The molecule has 14 heteroatoms. The van der Waals surface area contributed by atoms with E-state index in [2.05, 4.69) is 9.84 Å². The summed E-state index contributed by atoms with van der Waals surface area (Å²) in [5.74, 6) is -0.294. The Hall–Kier alpha value is -2.96. The molecule has 2 aromatic rings. The number of hydrogen-bond donors (Lipinski definition) is 0. The van der Waals surface area contributed by atoms with Crippen molar-refractivity contribution in [3.8, 4) is 5.69 Å². The minimum absolute atomic E-state index is 0.144. The Labute approximate surface area is 206 Å². The quantitative estimate of drug-likeness (QED) is 0.502. The molecule has 0 N–H and O–H groups in total. The summed E-state index contributed by atoms with van der Waals surface area (Å²) < 4.78 is 81.8. The van der Waals surface area contributed by atoms with Gasteiger partial charge in [-0.25, -0.2) is 9.48 Å². The van der Waals surface area contributed by atoms with E-state index >= 15 is 0 Å². The van der Waals surface area contributed by atoms with Crippen LogP contribution in [-0.2, 0) is 4.74 Å². The first kappa shape index (κ1) is 26.1. The molecule has 36 heavy (non-hydrogen) atoms. The van der Waals surface area contributed by atoms with Crippen LogP contribution >= 0.6 is 11.6 Å². The van der Waals surface area contributed by atoms with E-state index in [4.69, 9.17) is 11.6 Å². The first-order chi connectivity index (χ1) is 16.8. The zero-order valence-electron chi connectivity index (χ0n) is 18.7. The molecule has 0 bridgehead atoms. The average molecular weight is 539 g/mol. The molecule has 2 aliphatic rings. The Morgan fingerprint density at radius 3 is 2.17 bits per heavy atom. The molecule has 1 spiro atoms. The van der Waals surface area contributed by atoms with Crippen molar-refractivity contribution in [3.05, 3.63) is 47.2 Å². The SMILES string of the molecule is O=C(OC(C(F)(F)F)C(F)(F)F)N1CCC2(CCCN2C(=O)c2cnn(-c3ccc(Cl)cc3)c2)CC1. The summed E-state index contributed by atoms with van der Waals surface area (Å²) >= 11 is 5.90. The van der Waals surface area contributed by atoms with Crippen LogP contribution in [0.1, 0.15) is 36.0 Å². The van der Waals surface area contributed by atoms with E-state index in [1.807, 2.05) is 0 Å². The van der Waals surface area contributed by atoms with Crippen molar-refractivity contribution >= 4 is 23.6 Å². The van der Waals surface area contributed by atoms with Crippen molar-refractivity contribution < 1.29 is 40.7 Å². The summed E-state index contributed by atoms with van der Waals surface area (Å²) in [6.45, 7) is 0.143. The number of aromatic nitrogens is 2. The number of piperidine rings is 1. The number of hydrogen-bond acceptors (Lipinski definition) is 4. The van der Waals surface area contributed by atoms with E-state index < -0.39 is 30.1 Å². The Bertz CT molecular complexity index is 1100. The van der Waals surface area contributed by atoms with Gasteiger partial charge in [-0.05, 0) is 49.9 Å². The minimum Gasteiger partial charge on any atom is -0.426 e. The summed E-state index contributed by atoms with van der Waals surface area (Å²) in [5, 5.41) is 4.76. The van der Waals surface area contributed by atoms with E-state index in [1.54, 1.807) is 35.4 Å². The van der Waals surface area contributed by atoms with Gasteiger partial charge in [-0.2, -0.15) is 31.4 Å². The maximum Gasteiger partial charge on any atom is 0.434 e. The molecule has 0 unspecified atom stereocenters. The summed E-state index contributed by atoms with van der Waals surface area (Å²) in [7, 11) is 0. The van der Waals surface area contributed by atoms with Gasteiger partial charge in [0.15, 0.2) is 0 Å². The highest BCUT2D eigenvalue weighted by molar-refractivity contribution is 6.30. The smallest absolute Gasteiger partial charge is 0.426 e. The molecule has 7 nitrogen and oxygen atoms in total. The zero-order chi connectivity index (χ0) is 26.3. The standard InChI is InChI=1S/C22H21ClF6N4O3/c23-15-2-4-16(5-3-15)33-13-14(12-30-33)17(34)32-9-1-6-20(32)7-10-31(11-8-20)19(35)36-18(21(24,25)26)22(27,28)29/h2-5,12-13,18H,1,6-11H2. The number of likely N-dealkylation sites (tertiary alicyclic amines) is 2. The Morgan fingerprint density at radius 1 is 0.972 bits per heavy atom. The molecule has 4 rings (SSSR count). The highest BCUT2D eigenvalue weighted by atomic mass is 35.5. The normalized spacial score (nSPS) is 18.2. The van der Waals surface area contributed by atoms with Crippen LogP contribution in [0.4, 0.5) is 31.1 Å². The summed E-state index contributed by atoms with van der Waals surface area (Å²) in [6.07, 6.45) is -12.8. The van der Waals surface area contributed by atoms with Crippen LogP contribution in [0.3, 0.4) is 0 Å². The third kappa shape index (κ3) is 5.25. The Morgan fingerprint density at radius 2 is 1.58 bits per heavy atom. The number of ether oxygens (including phenoxy) is 1. The van der Waals surface area contributed by atoms with Crippen LogP contribution < -0.4 is 0 Å². The van der Waals surface area contributed by atoms with Crippen LogP contribution in [0.25, 0.3) is 5.69 Å². The van der Waals surface area contributed by atoms with E-state index in [9.17, 15) is 35.9 Å². The molecule has 3 heterocycles. The fraction of sp³-hybridized carbons (Fsp3) is 0.500. The maximum absolute atomic E-state index is 13.3. The lowest BCUT2D eigenvalue weighted by Crippen LogP contribution is -2.56. The van der Waals surface area contributed by atoms with Gasteiger partial charge in [0.2, 0.25) is 0 Å². The molecule has 0 saturated carbocycles. The molecule has 2 saturated heterocycles. The highest BCUT2D eigenvalue weighted by Gasteiger charge is 2.60. The van der Waals surface area contributed by atoms with Gasteiger partial charge in [0.05, 0.1) is 17.4 Å². The van der Waals surface area contributed by atoms with Crippen LogP contribution in [-0.4, -0.2) is 75.2 Å². The van der Waals surface area contributed by atoms with Crippen LogP contribution in [0.5, 0.6) is 0 Å². The number of benzene rings is 1. The second-order valence-corrected chi connectivity index (χ2v) is 9.21. The van der Waals surface area contributed by atoms with E-state index in [0.717, 1.165) is 4.90 Å². The van der Waals surface area contributed by atoms with Crippen molar-refractivity contribution in [3.63, 3.8) is 0 Å². The van der Waals surface area contributed by atoms with Gasteiger partial charge in [0.25, 0.3) is 12.0 Å². The molecule has 1 aromatic heterocycles. The molecule has 0 radical (unpaired) electrons. The number of alkyl halides is 6. The van der Waals surface area contributed by atoms with E-state index in [0.29, 0.717) is 35.7 Å². The first-order valence-corrected chi connectivity index (χ1v) is 11.4. The Kier molecular flexibility index (Phi) is 6.88. The van der Waals surface area contributed by atoms with Crippen LogP contribution in [0, 0.1) is 0 Å². The minimum atomic E-state index is -5.78. The number of rotatable bonds is 3. The molecule has 2 fully saturated rings. The second kappa shape index (κ2) is 9.49. The van der Waals surface area contributed by atoms with Crippen molar-refractivity contribution in [2.24, 2.45) is 0 Å². The lowest BCUT2D eigenvalue weighted by atomic mass is 9.85. The van der Waals surface area contributed by atoms with Crippen molar-refractivity contribution in [1.29, 1.82) is 0 Å². The first-order valence-electron chi connectivity index (χ1n) is 11.0. The molecular formula is C22H21ClF6N4O3. The highest BCUT2D eigenvalue weighted by Crippen LogP contribution is 2.40. The second-order valence-electron chi connectivity index (χ2n) is 8.77. The van der Waals surface area contributed by atoms with Gasteiger partial charge in [-0.15, -0.1) is 0 Å². The lowest BCUT2D eigenvalue weighted by molar-refractivity contribution is -0.308. The van der Waals surface area contributed by atoms with Gasteiger partial charge in [-0.1, -0.05) is 11.6 Å². The fourth-order valence-corrected chi connectivity index (χ4v) is 4.83. The van der Waals surface area contributed by atoms with Gasteiger partial charge in [0.1, 0.15) is 0 Å². The summed E-state index contributed by atoms with van der Waals surface area (Å²) in [5.41, 5.74) is 0.354. The number of amides is 2. The topological polar surface area (TPSA) is 67.7 Å². The number of nitrogens with zero attached hydrogens (tertiary/aromatic N) is 4. The molecule has 196 valence electrons. The predicted molar refractivity (Wildman–Crippen MR) is 115 cm³/mol. The van der Waals surface area contributed by atoms with Crippen molar-refractivity contribution in [1.82, 2.24) is 19.6 Å². The van der Waals surface area contributed by atoms with Gasteiger partial charge in [-0.3, -0.25) is 4.79 Å². The van der Waals surface area contributed by atoms with Gasteiger partial charge < -0.3 is 14.5 Å². The largest absolute Gasteiger partial charge is 0.434 e. The summed E-state index contributed by atoms with van der Waals surface area (Å²) in [4.78, 5) is 27.9. The predicted octanol–water partition coefficient (Wildman–Crippen LogP) is 5.23. The molecule has 0 atom stereocenters. The van der Waals surface area contributed by atoms with Crippen LogP contribution in [0.15, 0.2) is 36.7 Å². The molecule has 1 aromatic carbocycles. The Balaban J connectivity index is 1.42. The zero-order valence-corrected chi connectivity index (χ0v) is 19.4. The third-order valence-corrected chi connectivity index (χ3v) is 6.78. The molecular weight excluding hydrogens is 518 g/mol. The lowest BCUT2D eigenvalue weighted by Gasteiger charge is -2.44. The molecule has 2 amide bonds. The fourth-order valence-electron chi connectivity index (χ4n) is 4.70.